The lowest BCUT2D eigenvalue weighted by atomic mass is 9.32. The van der Waals surface area contributed by atoms with E-state index >= 15 is 0 Å². The first-order chi connectivity index (χ1) is 36.0. The highest BCUT2D eigenvalue weighted by Gasteiger charge is 2.50. The van der Waals surface area contributed by atoms with Crippen LogP contribution in [0.25, 0.3) is 20.2 Å². The van der Waals surface area contributed by atoms with Crippen molar-refractivity contribution in [3.8, 4) is 0 Å². The zero-order chi connectivity index (χ0) is 49.8. The van der Waals surface area contributed by atoms with Crippen molar-refractivity contribution >= 4 is 182 Å². The highest BCUT2D eigenvalue weighted by Crippen LogP contribution is 2.51. The molecule has 0 aliphatic carbocycles. The summed E-state index contributed by atoms with van der Waals surface area (Å²) >= 11 is 3.96. The Kier molecular flexibility index (Phi) is 9.60. The summed E-state index contributed by atoms with van der Waals surface area (Å²) in [4.78, 5) is 10.5. The molecule has 354 valence electrons. The summed E-state index contributed by atoms with van der Waals surface area (Å²) < 4.78 is 5.44. The van der Waals surface area contributed by atoms with E-state index in [1.807, 2.05) is 22.7 Å². The Balaban J connectivity index is 1.11. The summed E-state index contributed by atoms with van der Waals surface area (Å²) in [5, 5.41) is 5.51. The average molecular weight is 1020 g/mol. The molecule has 15 rings (SSSR count). The van der Waals surface area contributed by atoms with Gasteiger partial charge >= 0.3 is 0 Å². The SMILES string of the molecule is C[Si](C)(C)c1cc2c3c(c1)N(c1ccccc1)c1c(sc4ccccc14)B3c1cc3c(cc1N2c1ccccc1)N(c1ccccc1)c1cc([Si](C)(C)C)cc2c1B3c1sc3ccccc3c1N2c1ccccc1. The van der Waals surface area contributed by atoms with Gasteiger partial charge in [0.05, 0.1) is 27.5 Å². The van der Waals surface area contributed by atoms with Gasteiger partial charge in [0.15, 0.2) is 0 Å². The number of anilines is 12. The first kappa shape index (κ1) is 44.2. The third-order valence-electron chi connectivity index (χ3n) is 16.0. The van der Waals surface area contributed by atoms with Crippen molar-refractivity contribution < 1.29 is 0 Å². The summed E-state index contributed by atoms with van der Waals surface area (Å²) in [6, 6.07) is 78.7. The zero-order valence-electron chi connectivity index (χ0n) is 42.4. The molecule has 0 radical (unpaired) electrons. The molecule has 9 aromatic carbocycles. The zero-order valence-corrected chi connectivity index (χ0v) is 46.0. The Hall–Kier alpha value is -7.34. The maximum atomic E-state index is 2.70. The van der Waals surface area contributed by atoms with Crippen LogP contribution in [0.2, 0.25) is 39.3 Å². The van der Waals surface area contributed by atoms with Crippen molar-refractivity contribution in [1.29, 1.82) is 0 Å². The summed E-state index contributed by atoms with van der Waals surface area (Å²) in [7, 11) is -3.82. The minimum absolute atomic E-state index is 0.0186. The standard InChI is InChI=1S/C64H52B2N4S2Si2/c1-73(2,3)45-35-53-59-55(37-45)69(43-27-15-9-16-28-43)61-47-31-19-21-33-57(47)71-63(61)65(59)49-39-50-52(40-51(49)67(53)41-23-11-7-12-24-41)68(42-25-13-8-14-26-42)54-36-46(74(4,5)6)38-56-60(54)66(50)64-62(48-32-20-22-34-58(48)72-64)70(56)44-29-17-10-18-30-44/h7-40H,1-6H3. The van der Waals surface area contributed by atoms with Crippen LogP contribution in [0.3, 0.4) is 0 Å². The van der Waals surface area contributed by atoms with Crippen LogP contribution in [0.4, 0.5) is 68.2 Å². The molecule has 0 unspecified atom stereocenters. The van der Waals surface area contributed by atoms with Gasteiger partial charge in [-0.2, -0.15) is 0 Å². The molecule has 0 saturated carbocycles. The molecule has 74 heavy (non-hydrogen) atoms. The van der Waals surface area contributed by atoms with E-state index < -0.39 is 16.1 Å². The molecule has 0 saturated heterocycles. The van der Waals surface area contributed by atoms with Gasteiger partial charge in [0.1, 0.15) is 0 Å². The third kappa shape index (κ3) is 6.38. The summed E-state index contributed by atoms with van der Waals surface area (Å²) in [6.07, 6.45) is 0. The van der Waals surface area contributed by atoms with E-state index in [0.29, 0.717) is 0 Å². The number of nitrogens with zero attached hydrogens (tertiary/aromatic N) is 4. The predicted octanol–water partition coefficient (Wildman–Crippen LogP) is 13.4. The molecule has 0 bridgehead atoms. The lowest BCUT2D eigenvalue weighted by Crippen LogP contribution is -2.65. The molecular formula is C64H52B2N4S2Si2. The Labute approximate surface area is 444 Å². The fraction of sp³-hybridized carbons (Fsp3) is 0.0938. The van der Waals surface area contributed by atoms with Crippen molar-refractivity contribution in [3.05, 3.63) is 206 Å². The number of fused-ring (bicyclic) bond motifs is 12. The van der Waals surface area contributed by atoms with E-state index in [4.69, 9.17) is 0 Å². The molecule has 4 aliphatic rings. The summed E-state index contributed by atoms with van der Waals surface area (Å²) in [5.74, 6) is 0. The highest BCUT2D eigenvalue weighted by atomic mass is 32.1. The Morgan fingerprint density at radius 3 is 0.986 bits per heavy atom. The lowest BCUT2D eigenvalue weighted by molar-refractivity contribution is 1.24. The first-order valence-corrected chi connectivity index (χ1v) is 34.6. The van der Waals surface area contributed by atoms with Gasteiger partial charge in [-0.15, -0.1) is 22.7 Å². The minimum atomic E-state index is -1.91. The van der Waals surface area contributed by atoms with Crippen LogP contribution in [0, 0.1) is 0 Å². The molecule has 0 fully saturated rings. The van der Waals surface area contributed by atoms with Gasteiger partial charge in [-0.1, -0.05) is 165 Å². The van der Waals surface area contributed by atoms with Crippen LogP contribution in [-0.2, 0) is 0 Å². The number of hydrogen-bond donors (Lipinski definition) is 0. The van der Waals surface area contributed by atoms with Crippen LogP contribution in [0.15, 0.2) is 206 Å². The van der Waals surface area contributed by atoms with Crippen molar-refractivity contribution in [2.45, 2.75) is 39.3 Å². The topological polar surface area (TPSA) is 13.0 Å². The molecule has 10 heteroatoms. The van der Waals surface area contributed by atoms with E-state index in [-0.39, 0.29) is 13.4 Å². The number of benzene rings is 9. The van der Waals surface area contributed by atoms with Crippen LogP contribution in [-0.4, -0.2) is 29.6 Å². The Bertz CT molecular complexity index is 3830. The van der Waals surface area contributed by atoms with E-state index in [2.05, 4.69) is 265 Å². The molecule has 4 nitrogen and oxygen atoms in total. The maximum Gasteiger partial charge on any atom is 0.264 e. The van der Waals surface area contributed by atoms with Gasteiger partial charge < -0.3 is 19.6 Å². The van der Waals surface area contributed by atoms with E-state index in [0.717, 1.165) is 0 Å². The monoisotopic (exact) mass is 1020 g/mol. The molecule has 4 aliphatic heterocycles. The molecule has 0 amide bonds. The molecular weight excluding hydrogens is 967 g/mol. The summed E-state index contributed by atoms with van der Waals surface area (Å²) in [6.45, 7) is 15.0. The second-order valence-electron chi connectivity index (χ2n) is 22.5. The van der Waals surface area contributed by atoms with Crippen LogP contribution >= 0.6 is 22.7 Å². The normalized spacial score (nSPS) is 14.2. The fourth-order valence-electron chi connectivity index (χ4n) is 12.6. The Morgan fingerprint density at radius 2 is 0.635 bits per heavy atom. The van der Waals surface area contributed by atoms with Crippen LogP contribution < -0.4 is 61.4 Å². The van der Waals surface area contributed by atoms with Gasteiger partial charge in [0.2, 0.25) is 0 Å². The molecule has 0 N–H and O–H groups in total. The number of para-hydroxylation sites is 4. The molecule has 0 spiro atoms. The largest absolute Gasteiger partial charge is 0.311 e. The minimum Gasteiger partial charge on any atom is -0.311 e. The van der Waals surface area contributed by atoms with E-state index in [1.54, 1.807) is 0 Å². The molecule has 2 aromatic heterocycles. The predicted molar refractivity (Wildman–Crippen MR) is 331 cm³/mol. The van der Waals surface area contributed by atoms with Crippen molar-refractivity contribution in [3.63, 3.8) is 0 Å². The van der Waals surface area contributed by atoms with Gasteiger partial charge in [-0.05, 0) is 113 Å². The summed E-state index contributed by atoms with van der Waals surface area (Å²) in [5.41, 5.74) is 20.4. The van der Waals surface area contributed by atoms with Crippen molar-refractivity contribution in [2.24, 2.45) is 0 Å². The van der Waals surface area contributed by atoms with Gasteiger partial charge in [-0.3, -0.25) is 0 Å². The average Bonchev–Trinajstić information content (AvgIpc) is 4.10. The fourth-order valence-corrected chi connectivity index (χ4v) is 17.5. The highest BCUT2D eigenvalue weighted by molar-refractivity contribution is 7.35. The quantitative estimate of drug-likeness (QED) is 0.154. The van der Waals surface area contributed by atoms with Gasteiger partial charge in [0.25, 0.3) is 13.4 Å². The van der Waals surface area contributed by atoms with E-state index in [1.165, 1.54) is 130 Å². The van der Waals surface area contributed by atoms with Crippen molar-refractivity contribution in [2.75, 3.05) is 19.6 Å². The maximum absolute atomic E-state index is 2.70. The number of hydrogen-bond acceptors (Lipinski definition) is 6. The molecule has 6 heterocycles. The lowest BCUT2D eigenvalue weighted by Gasteiger charge is -2.47. The van der Waals surface area contributed by atoms with Gasteiger partial charge in [0, 0.05) is 86.6 Å². The molecule has 0 atom stereocenters. The third-order valence-corrected chi connectivity index (χ3v) is 22.5. The van der Waals surface area contributed by atoms with Crippen molar-refractivity contribution in [1.82, 2.24) is 0 Å². The first-order valence-electron chi connectivity index (χ1n) is 26.0. The second kappa shape index (κ2) is 16.1. The number of rotatable bonds is 6. The smallest absolute Gasteiger partial charge is 0.264 e. The van der Waals surface area contributed by atoms with Crippen LogP contribution in [0.1, 0.15) is 0 Å². The van der Waals surface area contributed by atoms with Crippen LogP contribution in [0.5, 0.6) is 0 Å². The van der Waals surface area contributed by atoms with Gasteiger partial charge in [-0.25, -0.2) is 0 Å². The Morgan fingerprint density at radius 1 is 0.324 bits per heavy atom. The molecule has 11 aromatic rings. The second-order valence-corrected chi connectivity index (χ2v) is 34.8. The van der Waals surface area contributed by atoms with E-state index in [9.17, 15) is 0 Å². The number of thiophene rings is 2.